The zero-order valence-corrected chi connectivity index (χ0v) is 10.4. The number of thiophene rings is 1. The van der Waals surface area contributed by atoms with E-state index in [1.807, 2.05) is 29.5 Å². The van der Waals surface area contributed by atoms with E-state index in [9.17, 15) is 4.79 Å². The second kappa shape index (κ2) is 5.46. The SMILES string of the molecule is CNCC1CCCN(C(=O)c2cccs2)C1. The molecule has 1 N–H and O–H groups in total. The van der Waals surface area contributed by atoms with Gasteiger partial charge in [0.05, 0.1) is 4.88 Å². The Morgan fingerprint density at radius 2 is 2.56 bits per heavy atom. The topological polar surface area (TPSA) is 32.3 Å². The van der Waals surface area contributed by atoms with Crippen LogP contribution >= 0.6 is 11.3 Å². The first-order valence-electron chi connectivity index (χ1n) is 5.78. The average Bonchev–Trinajstić information content (AvgIpc) is 2.82. The van der Waals surface area contributed by atoms with Gasteiger partial charge in [0.1, 0.15) is 0 Å². The van der Waals surface area contributed by atoms with Crippen LogP contribution in [0.5, 0.6) is 0 Å². The van der Waals surface area contributed by atoms with Gasteiger partial charge in [0.25, 0.3) is 5.91 Å². The smallest absolute Gasteiger partial charge is 0.263 e. The van der Waals surface area contributed by atoms with Crippen LogP contribution in [0.15, 0.2) is 17.5 Å². The van der Waals surface area contributed by atoms with Crippen LogP contribution in [-0.2, 0) is 0 Å². The molecule has 0 bridgehead atoms. The molecular formula is C12H18N2OS. The first-order valence-corrected chi connectivity index (χ1v) is 6.66. The second-order valence-electron chi connectivity index (χ2n) is 4.29. The van der Waals surface area contributed by atoms with Crippen LogP contribution < -0.4 is 5.32 Å². The van der Waals surface area contributed by atoms with Gasteiger partial charge in [-0.25, -0.2) is 0 Å². The summed E-state index contributed by atoms with van der Waals surface area (Å²) in [7, 11) is 1.97. The summed E-state index contributed by atoms with van der Waals surface area (Å²) in [5, 5.41) is 5.16. The fraction of sp³-hybridized carbons (Fsp3) is 0.583. The predicted octanol–water partition coefficient (Wildman–Crippen LogP) is 1.82. The number of carbonyl (C=O) groups excluding carboxylic acids is 1. The highest BCUT2D eigenvalue weighted by molar-refractivity contribution is 7.12. The van der Waals surface area contributed by atoms with Crippen LogP contribution in [0.25, 0.3) is 0 Å². The number of piperidine rings is 1. The van der Waals surface area contributed by atoms with E-state index < -0.39 is 0 Å². The maximum absolute atomic E-state index is 12.1. The highest BCUT2D eigenvalue weighted by Crippen LogP contribution is 2.19. The van der Waals surface area contributed by atoms with Crippen molar-refractivity contribution in [2.45, 2.75) is 12.8 Å². The van der Waals surface area contributed by atoms with Gasteiger partial charge in [0.15, 0.2) is 0 Å². The molecule has 0 aromatic carbocycles. The lowest BCUT2D eigenvalue weighted by atomic mass is 9.98. The zero-order valence-electron chi connectivity index (χ0n) is 9.61. The van der Waals surface area contributed by atoms with E-state index >= 15 is 0 Å². The van der Waals surface area contributed by atoms with Gasteiger partial charge < -0.3 is 10.2 Å². The molecule has 2 rings (SSSR count). The van der Waals surface area contributed by atoms with E-state index in [-0.39, 0.29) is 5.91 Å². The maximum Gasteiger partial charge on any atom is 0.263 e. The van der Waals surface area contributed by atoms with Gasteiger partial charge in [-0.15, -0.1) is 11.3 Å². The van der Waals surface area contributed by atoms with Crippen LogP contribution in [0.3, 0.4) is 0 Å². The van der Waals surface area contributed by atoms with Crippen LogP contribution in [0.2, 0.25) is 0 Å². The van der Waals surface area contributed by atoms with E-state index in [4.69, 9.17) is 0 Å². The number of amides is 1. The molecule has 1 atom stereocenters. The van der Waals surface area contributed by atoms with Crippen molar-refractivity contribution in [3.63, 3.8) is 0 Å². The zero-order chi connectivity index (χ0) is 11.4. The van der Waals surface area contributed by atoms with Crippen LogP contribution in [0.1, 0.15) is 22.5 Å². The Labute approximate surface area is 100 Å². The summed E-state index contributed by atoms with van der Waals surface area (Å²) < 4.78 is 0. The third-order valence-corrected chi connectivity index (χ3v) is 3.89. The van der Waals surface area contributed by atoms with E-state index in [2.05, 4.69) is 5.32 Å². The van der Waals surface area contributed by atoms with Crippen LogP contribution in [-0.4, -0.2) is 37.5 Å². The third-order valence-electron chi connectivity index (χ3n) is 3.03. The lowest BCUT2D eigenvalue weighted by Crippen LogP contribution is -2.42. The van der Waals surface area contributed by atoms with Crippen molar-refractivity contribution >= 4 is 17.2 Å². The number of nitrogens with zero attached hydrogens (tertiary/aromatic N) is 1. The molecule has 1 amide bonds. The van der Waals surface area contributed by atoms with Gasteiger partial charge in [-0.05, 0) is 43.8 Å². The third kappa shape index (κ3) is 2.62. The first kappa shape index (κ1) is 11.6. The van der Waals surface area contributed by atoms with E-state index in [0.717, 1.165) is 30.9 Å². The summed E-state index contributed by atoms with van der Waals surface area (Å²) in [5.41, 5.74) is 0. The largest absolute Gasteiger partial charge is 0.338 e. The summed E-state index contributed by atoms with van der Waals surface area (Å²) in [6, 6.07) is 3.85. The molecule has 2 heterocycles. The van der Waals surface area contributed by atoms with Gasteiger partial charge in [0.2, 0.25) is 0 Å². The Bertz CT molecular complexity index is 335. The minimum atomic E-state index is 0.204. The summed E-state index contributed by atoms with van der Waals surface area (Å²) >= 11 is 1.53. The molecule has 3 nitrogen and oxygen atoms in total. The van der Waals surface area contributed by atoms with Gasteiger partial charge in [-0.3, -0.25) is 4.79 Å². The van der Waals surface area contributed by atoms with Crippen LogP contribution in [0.4, 0.5) is 0 Å². The average molecular weight is 238 g/mol. The lowest BCUT2D eigenvalue weighted by molar-refractivity contribution is 0.0679. The lowest BCUT2D eigenvalue weighted by Gasteiger charge is -2.32. The van der Waals surface area contributed by atoms with Crippen molar-refractivity contribution in [2.24, 2.45) is 5.92 Å². The number of nitrogens with one attached hydrogen (secondary N) is 1. The molecule has 0 aliphatic carbocycles. The molecule has 1 unspecified atom stereocenters. The Morgan fingerprint density at radius 3 is 3.25 bits per heavy atom. The molecule has 0 saturated carbocycles. The molecule has 1 aliphatic heterocycles. The van der Waals surface area contributed by atoms with E-state index in [1.54, 1.807) is 0 Å². The predicted molar refractivity (Wildman–Crippen MR) is 66.9 cm³/mol. The second-order valence-corrected chi connectivity index (χ2v) is 5.24. The van der Waals surface area contributed by atoms with Crippen molar-refractivity contribution in [3.05, 3.63) is 22.4 Å². The molecule has 0 spiro atoms. The maximum atomic E-state index is 12.1. The van der Waals surface area contributed by atoms with Gasteiger partial charge in [0, 0.05) is 13.1 Å². The number of hydrogen-bond donors (Lipinski definition) is 1. The first-order chi connectivity index (χ1) is 7.81. The van der Waals surface area contributed by atoms with Crippen molar-refractivity contribution in [1.29, 1.82) is 0 Å². The fourth-order valence-electron chi connectivity index (χ4n) is 2.26. The molecule has 1 saturated heterocycles. The number of hydrogen-bond acceptors (Lipinski definition) is 3. The minimum absolute atomic E-state index is 0.204. The molecule has 4 heteroatoms. The molecule has 16 heavy (non-hydrogen) atoms. The normalized spacial score (nSPS) is 21.1. The number of likely N-dealkylation sites (tertiary alicyclic amines) is 1. The van der Waals surface area contributed by atoms with Gasteiger partial charge >= 0.3 is 0 Å². The summed E-state index contributed by atoms with van der Waals surface area (Å²) in [5.74, 6) is 0.818. The minimum Gasteiger partial charge on any atom is -0.338 e. The number of rotatable bonds is 3. The molecule has 1 fully saturated rings. The summed E-state index contributed by atoms with van der Waals surface area (Å²) in [6.07, 6.45) is 2.36. The van der Waals surface area contributed by atoms with E-state index in [1.165, 1.54) is 17.8 Å². The van der Waals surface area contributed by atoms with Crippen molar-refractivity contribution < 1.29 is 4.79 Å². The number of carbonyl (C=O) groups is 1. The quantitative estimate of drug-likeness (QED) is 0.871. The van der Waals surface area contributed by atoms with Crippen LogP contribution in [0, 0.1) is 5.92 Å². The Hall–Kier alpha value is -0.870. The monoisotopic (exact) mass is 238 g/mol. The molecule has 1 aliphatic rings. The van der Waals surface area contributed by atoms with E-state index in [0.29, 0.717) is 5.92 Å². The molecule has 88 valence electrons. The Morgan fingerprint density at radius 1 is 1.69 bits per heavy atom. The van der Waals surface area contributed by atoms with Crippen molar-refractivity contribution in [3.8, 4) is 0 Å². The fourth-order valence-corrected chi connectivity index (χ4v) is 2.95. The van der Waals surface area contributed by atoms with Gasteiger partial charge in [-0.1, -0.05) is 6.07 Å². The summed E-state index contributed by atoms with van der Waals surface area (Å²) in [6.45, 7) is 2.82. The molecule has 1 aromatic rings. The van der Waals surface area contributed by atoms with Gasteiger partial charge in [-0.2, -0.15) is 0 Å². The van der Waals surface area contributed by atoms with Crippen molar-refractivity contribution in [2.75, 3.05) is 26.7 Å². The molecular weight excluding hydrogens is 220 g/mol. The Balaban J connectivity index is 1.96. The molecule has 0 radical (unpaired) electrons. The molecule has 1 aromatic heterocycles. The highest BCUT2D eigenvalue weighted by Gasteiger charge is 2.24. The standard InChI is InChI=1S/C12H18N2OS/c1-13-8-10-4-2-6-14(9-10)12(15)11-5-3-7-16-11/h3,5,7,10,13H,2,4,6,8-9H2,1H3. The summed E-state index contributed by atoms with van der Waals surface area (Å²) in [4.78, 5) is 15.0. The van der Waals surface area contributed by atoms with Crippen molar-refractivity contribution in [1.82, 2.24) is 10.2 Å². The Kier molecular flexibility index (Phi) is 3.96. The highest BCUT2D eigenvalue weighted by atomic mass is 32.1.